The summed E-state index contributed by atoms with van der Waals surface area (Å²) in [6.45, 7) is 9.21. The smallest absolute Gasteiger partial charge is 0.0564 e. The first-order valence-electron chi connectivity index (χ1n) is 4.69. The van der Waals surface area contributed by atoms with Crippen molar-refractivity contribution in [2.75, 3.05) is 19.4 Å². The number of thioether (sulfide) groups is 1. The van der Waals surface area contributed by atoms with Gasteiger partial charge in [-0.15, -0.1) is 0 Å². The van der Waals surface area contributed by atoms with Crippen molar-refractivity contribution in [1.82, 2.24) is 5.32 Å². The van der Waals surface area contributed by atoms with Crippen LogP contribution in [0, 0.1) is 0 Å². The highest BCUT2D eigenvalue weighted by Crippen LogP contribution is 2.10. The third-order valence-electron chi connectivity index (χ3n) is 2.21. The lowest BCUT2D eigenvalue weighted by atomic mass is 10.2. The van der Waals surface area contributed by atoms with Gasteiger partial charge in [0.05, 0.1) is 6.61 Å². The molecule has 0 saturated carbocycles. The summed E-state index contributed by atoms with van der Waals surface area (Å²) in [5.74, 6) is 0. The predicted molar refractivity (Wildman–Crippen MR) is 61.3 cm³/mol. The number of aliphatic hydroxyl groups is 1. The molecule has 2 N–H and O–H groups in total. The van der Waals surface area contributed by atoms with Crippen LogP contribution in [-0.2, 0) is 0 Å². The molecule has 0 aliphatic rings. The molecule has 0 aromatic carbocycles. The molecule has 0 fully saturated rings. The van der Waals surface area contributed by atoms with Gasteiger partial charge in [0.15, 0.2) is 0 Å². The fourth-order valence-electron chi connectivity index (χ4n) is 0.999. The molecule has 0 radical (unpaired) electrons. The molecule has 2 nitrogen and oxygen atoms in total. The van der Waals surface area contributed by atoms with E-state index in [4.69, 9.17) is 5.11 Å². The van der Waals surface area contributed by atoms with Crippen molar-refractivity contribution < 1.29 is 5.11 Å². The molecule has 0 aromatic heterocycles. The van der Waals surface area contributed by atoms with E-state index in [9.17, 15) is 0 Å². The van der Waals surface area contributed by atoms with Crippen LogP contribution in [0.1, 0.15) is 20.3 Å². The quantitative estimate of drug-likeness (QED) is 0.617. The summed E-state index contributed by atoms with van der Waals surface area (Å²) in [7, 11) is 0. The van der Waals surface area contributed by atoms with Crippen LogP contribution in [0.15, 0.2) is 12.2 Å². The van der Waals surface area contributed by atoms with Gasteiger partial charge in [-0.05, 0) is 19.6 Å². The predicted octanol–water partition coefficient (Wildman–Crippen LogP) is 1.65. The zero-order valence-electron chi connectivity index (χ0n) is 8.84. The van der Waals surface area contributed by atoms with Gasteiger partial charge in [-0.1, -0.05) is 19.1 Å². The number of aliphatic hydroxyl groups excluding tert-OH is 1. The Labute approximate surface area is 85.8 Å². The van der Waals surface area contributed by atoms with E-state index in [-0.39, 0.29) is 11.9 Å². The second kappa shape index (κ2) is 7.42. The van der Waals surface area contributed by atoms with Crippen molar-refractivity contribution in [3.8, 4) is 0 Å². The van der Waals surface area contributed by atoms with Crippen molar-refractivity contribution >= 4 is 11.8 Å². The topological polar surface area (TPSA) is 32.3 Å². The van der Waals surface area contributed by atoms with Crippen LogP contribution in [0.5, 0.6) is 0 Å². The van der Waals surface area contributed by atoms with Crippen LogP contribution in [0.2, 0.25) is 0 Å². The van der Waals surface area contributed by atoms with Gasteiger partial charge >= 0.3 is 0 Å². The van der Waals surface area contributed by atoms with E-state index in [0.29, 0.717) is 6.04 Å². The number of hydrogen-bond acceptors (Lipinski definition) is 3. The summed E-state index contributed by atoms with van der Waals surface area (Å²) in [6.07, 6.45) is 3.04. The molecule has 0 amide bonds. The van der Waals surface area contributed by atoms with E-state index in [2.05, 4.69) is 25.7 Å². The zero-order valence-corrected chi connectivity index (χ0v) is 9.66. The first-order chi connectivity index (χ1) is 6.15. The van der Waals surface area contributed by atoms with E-state index in [1.165, 1.54) is 5.57 Å². The standard InChI is InChI=1S/C10H21NOS/c1-5-8(2)6-11-9(3)10(7-12)13-4/h9-12H,2,5-7H2,1,3-4H3. The highest BCUT2D eigenvalue weighted by atomic mass is 32.2. The molecule has 0 heterocycles. The Morgan fingerprint density at radius 2 is 2.23 bits per heavy atom. The minimum absolute atomic E-state index is 0.230. The number of rotatable bonds is 7. The molecule has 0 aromatic rings. The highest BCUT2D eigenvalue weighted by Gasteiger charge is 2.13. The third kappa shape index (κ3) is 5.34. The Morgan fingerprint density at radius 3 is 2.62 bits per heavy atom. The average Bonchev–Trinajstić information content (AvgIpc) is 2.16. The van der Waals surface area contributed by atoms with E-state index in [0.717, 1.165) is 13.0 Å². The summed E-state index contributed by atoms with van der Waals surface area (Å²) in [6, 6.07) is 0.336. The van der Waals surface area contributed by atoms with Crippen molar-refractivity contribution in [2.45, 2.75) is 31.6 Å². The largest absolute Gasteiger partial charge is 0.395 e. The van der Waals surface area contributed by atoms with Gasteiger partial charge in [-0.3, -0.25) is 0 Å². The molecule has 0 aliphatic carbocycles. The number of nitrogens with one attached hydrogen (secondary N) is 1. The lowest BCUT2D eigenvalue weighted by Crippen LogP contribution is -2.38. The highest BCUT2D eigenvalue weighted by molar-refractivity contribution is 7.99. The normalized spacial score (nSPS) is 15.4. The summed E-state index contributed by atoms with van der Waals surface area (Å²) in [5.41, 5.74) is 1.21. The molecule has 3 heteroatoms. The molecular formula is C10H21NOS. The monoisotopic (exact) mass is 203 g/mol. The molecule has 13 heavy (non-hydrogen) atoms. The first-order valence-corrected chi connectivity index (χ1v) is 5.98. The van der Waals surface area contributed by atoms with Gasteiger partial charge in [0.2, 0.25) is 0 Å². The third-order valence-corrected chi connectivity index (χ3v) is 3.38. The molecule has 0 saturated heterocycles. The van der Waals surface area contributed by atoms with Crippen LogP contribution in [0.4, 0.5) is 0 Å². The van der Waals surface area contributed by atoms with Gasteiger partial charge in [0.25, 0.3) is 0 Å². The van der Waals surface area contributed by atoms with Gasteiger partial charge in [-0.2, -0.15) is 11.8 Å². The summed E-state index contributed by atoms with van der Waals surface area (Å²) >= 11 is 1.70. The fraction of sp³-hybridized carbons (Fsp3) is 0.800. The van der Waals surface area contributed by atoms with E-state index in [1.54, 1.807) is 11.8 Å². The zero-order chi connectivity index (χ0) is 10.3. The molecule has 78 valence electrons. The molecule has 0 spiro atoms. The van der Waals surface area contributed by atoms with Crippen molar-refractivity contribution in [3.05, 3.63) is 12.2 Å². The van der Waals surface area contributed by atoms with Crippen molar-refractivity contribution in [2.24, 2.45) is 0 Å². The van der Waals surface area contributed by atoms with E-state index < -0.39 is 0 Å². The van der Waals surface area contributed by atoms with Crippen LogP contribution in [0.25, 0.3) is 0 Å². The lowest BCUT2D eigenvalue weighted by molar-refractivity contribution is 0.277. The fourth-order valence-corrected chi connectivity index (χ4v) is 1.65. The molecule has 0 aliphatic heterocycles. The maximum absolute atomic E-state index is 9.04. The van der Waals surface area contributed by atoms with E-state index >= 15 is 0 Å². The summed E-state index contributed by atoms with van der Waals surface area (Å²) < 4.78 is 0. The van der Waals surface area contributed by atoms with Gasteiger partial charge in [0, 0.05) is 17.8 Å². The lowest BCUT2D eigenvalue weighted by Gasteiger charge is -2.21. The van der Waals surface area contributed by atoms with Crippen LogP contribution in [-0.4, -0.2) is 35.8 Å². The van der Waals surface area contributed by atoms with Gasteiger partial charge < -0.3 is 10.4 Å². The first kappa shape index (κ1) is 13.0. The molecule has 0 bridgehead atoms. The molecule has 2 atom stereocenters. The Balaban J connectivity index is 3.71. The van der Waals surface area contributed by atoms with Crippen molar-refractivity contribution in [1.29, 1.82) is 0 Å². The Morgan fingerprint density at radius 1 is 1.62 bits per heavy atom. The van der Waals surface area contributed by atoms with Gasteiger partial charge in [-0.25, -0.2) is 0 Å². The van der Waals surface area contributed by atoms with Crippen LogP contribution >= 0.6 is 11.8 Å². The summed E-state index contributed by atoms with van der Waals surface area (Å²) in [4.78, 5) is 0. The second-order valence-electron chi connectivity index (χ2n) is 3.23. The average molecular weight is 203 g/mol. The maximum atomic E-state index is 9.04. The Bertz CT molecular complexity index is 146. The Kier molecular flexibility index (Phi) is 7.42. The molecule has 0 rings (SSSR count). The van der Waals surface area contributed by atoms with Crippen molar-refractivity contribution in [3.63, 3.8) is 0 Å². The SMILES string of the molecule is C=C(CC)CNC(C)C(CO)SC. The minimum atomic E-state index is 0.230. The maximum Gasteiger partial charge on any atom is 0.0564 e. The van der Waals surface area contributed by atoms with Crippen LogP contribution in [0.3, 0.4) is 0 Å². The van der Waals surface area contributed by atoms with E-state index in [1.807, 2.05) is 6.26 Å². The Hall–Kier alpha value is 0.0100. The molecular weight excluding hydrogens is 182 g/mol. The summed E-state index contributed by atoms with van der Waals surface area (Å²) in [5, 5.41) is 12.7. The second-order valence-corrected chi connectivity index (χ2v) is 4.31. The molecule has 2 unspecified atom stereocenters. The van der Waals surface area contributed by atoms with Crippen LogP contribution < -0.4 is 5.32 Å². The number of hydrogen-bond donors (Lipinski definition) is 2. The minimum Gasteiger partial charge on any atom is -0.395 e. The van der Waals surface area contributed by atoms with Gasteiger partial charge in [0.1, 0.15) is 0 Å².